The zero-order valence-corrected chi connectivity index (χ0v) is 36.3. The largest absolute Gasteiger partial charge is 0.488 e. The van der Waals surface area contributed by atoms with Gasteiger partial charge in [0.05, 0.1) is 5.56 Å². The van der Waals surface area contributed by atoms with E-state index in [1.54, 1.807) is 12.1 Å². The smallest absolute Gasteiger partial charge is 0.335 e. The number of para-hydroxylation sites is 2. The van der Waals surface area contributed by atoms with Gasteiger partial charge in [-0.15, -0.1) is 0 Å². The number of carboxylic acids is 1. The number of hydrogen-bond acceptors (Lipinski definition) is 6. The van der Waals surface area contributed by atoms with Crippen molar-refractivity contribution >= 4 is 5.97 Å². The van der Waals surface area contributed by atoms with Gasteiger partial charge in [0.25, 0.3) is 0 Å². The molecule has 1 aliphatic carbocycles. The van der Waals surface area contributed by atoms with Crippen molar-refractivity contribution in [3.05, 3.63) is 260 Å². The lowest BCUT2D eigenvalue weighted by Gasteiger charge is -2.24. The lowest BCUT2D eigenvalue weighted by atomic mass is 9.89. The maximum absolute atomic E-state index is 13.1. The van der Waals surface area contributed by atoms with E-state index in [2.05, 4.69) is 84.9 Å². The molecule has 8 aromatic carbocycles. The number of nitrogens with two attached hydrogens (primary N) is 1. The summed E-state index contributed by atoms with van der Waals surface area (Å²) in [5.41, 5.74) is 18.9. The van der Waals surface area contributed by atoms with Gasteiger partial charge in [-0.2, -0.15) is 0 Å². The van der Waals surface area contributed by atoms with E-state index in [9.17, 15) is 9.90 Å². The number of benzene rings is 8. The summed E-state index contributed by atoms with van der Waals surface area (Å²) in [5, 5.41) is 10.7. The number of hydrogen-bond donors (Lipinski definition) is 2. The molecule has 65 heavy (non-hydrogen) atoms. The van der Waals surface area contributed by atoms with Gasteiger partial charge in [0.15, 0.2) is 0 Å². The first-order valence-corrected chi connectivity index (χ1v) is 22.1. The Morgan fingerprint density at radius 2 is 0.646 bits per heavy atom. The SMILES string of the molecule is NCc1cc2c(OCc3ccccc3)c(c1)Cc1cc(C(=O)O)cc(c1OCc1ccccc1)Cc1cccc(c1OCc1ccccc1)Cc1cccc(c1OCc1ccccc1)C2. The Labute approximate surface area is 380 Å². The Balaban J connectivity index is 1.26. The van der Waals surface area contributed by atoms with Crippen LogP contribution in [0, 0.1) is 0 Å². The maximum atomic E-state index is 13.1. The van der Waals surface area contributed by atoms with Crippen molar-refractivity contribution in [3.63, 3.8) is 0 Å². The molecule has 0 atom stereocenters. The van der Waals surface area contributed by atoms with Crippen molar-refractivity contribution in [1.29, 1.82) is 0 Å². The van der Waals surface area contributed by atoms with Crippen LogP contribution in [0.25, 0.3) is 0 Å². The topological polar surface area (TPSA) is 100 Å². The predicted molar refractivity (Wildman–Crippen MR) is 255 cm³/mol. The maximum Gasteiger partial charge on any atom is 0.335 e. The van der Waals surface area contributed by atoms with E-state index in [-0.39, 0.29) is 12.2 Å². The summed E-state index contributed by atoms with van der Waals surface area (Å²) in [6.45, 7) is 1.66. The summed E-state index contributed by atoms with van der Waals surface area (Å²) in [6.07, 6.45) is 1.66. The molecule has 0 aliphatic heterocycles. The lowest BCUT2D eigenvalue weighted by Crippen LogP contribution is -2.11. The van der Waals surface area contributed by atoms with E-state index in [4.69, 9.17) is 24.7 Å². The van der Waals surface area contributed by atoms with Crippen molar-refractivity contribution in [1.82, 2.24) is 0 Å². The molecular weight excluding hydrogens is 807 g/mol. The Morgan fingerprint density at radius 1 is 0.369 bits per heavy atom. The Kier molecular flexibility index (Phi) is 13.3. The van der Waals surface area contributed by atoms with E-state index < -0.39 is 5.97 Å². The van der Waals surface area contributed by atoms with E-state index in [1.165, 1.54) is 0 Å². The highest BCUT2D eigenvalue weighted by molar-refractivity contribution is 5.88. The fourth-order valence-electron chi connectivity index (χ4n) is 8.66. The van der Waals surface area contributed by atoms with Gasteiger partial charge in [0, 0.05) is 32.2 Å². The van der Waals surface area contributed by atoms with Crippen molar-refractivity contribution < 1.29 is 28.8 Å². The molecule has 0 radical (unpaired) electrons. The molecule has 0 amide bonds. The molecule has 0 saturated carbocycles. The van der Waals surface area contributed by atoms with Gasteiger partial charge in [-0.05, 0) is 84.5 Å². The van der Waals surface area contributed by atoms with E-state index in [0.717, 1.165) is 89.6 Å². The van der Waals surface area contributed by atoms with E-state index in [0.29, 0.717) is 57.8 Å². The second-order valence-electron chi connectivity index (χ2n) is 16.5. The van der Waals surface area contributed by atoms with Crippen LogP contribution in [0.4, 0.5) is 0 Å². The second kappa shape index (κ2) is 20.3. The number of ether oxygens (including phenoxy) is 4. The van der Waals surface area contributed by atoms with Crippen LogP contribution in [-0.4, -0.2) is 11.1 Å². The molecule has 3 N–H and O–H groups in total. The molecule has 8 aromatic rings. The van der Waals surface area contributed by atoms with Crippen molar-refractivity contribution in [2.75, 3.05) is 0 Å². The van der Waals surface area contributed by atoms with Gasteiger partial charge < -0.3 is 29.8 Å². The minimum absolute atomic E-state index is 0.170. The van der Waals surface area contributed by atoms with Gasteiger partial charge in [0.2, 0.25) is 0 Å². The summed E-state index contributed by atoms with van der Waals surface area (Å²) in [4.78, 5) is 13.1. The van der Waals surface area contributed by atoms with Crippen molar-refractivity contribution in [2.24, 2.45) is 5.73 Å². The minimum Gasteiger partial charge on any atom is -0.488 e. The molecule has 9 rings (SSSR count). The molecule has 7 nitrogen and oxygen atoms in total. The summed E-state index contributed by atoms with van der Waals surface area (Å²) in [6, 6.07) is 60.8. The van der Waals surface area contributed by atoms with Crippen LogP contribution in [0.1, 0.15) is 82.7 Å². The molecule has 0 aromatic heterocycles. The Hall–Kier alpha value is -7.61. The summed E-state index contributed by atoms with van der Waals surface area (Å²) in [5.74, 6) is 1.87. The Morgan fingerprint density at radius 3 is 0.954 bits per heavy atom. The van der Waals surface area contributed by atoms with Crippen LogP contribution in [0.3, 0.4) is 0 Å². The molecule has 0 spiro atoms. The van der Waals surface area contributed by atoms with Gasteiger partial charge in [-0.25, -0.2) is 4.79 Å². The first kappa shape index (κ1) is 42.7. The molecule has 0 unspecified atom stereocenters. The quantitative estimate of drug-likeness (QED) is 0.112. The first-order valence-electron chi connectivity index (χ1n) is 22.1. The van der Waals surface area contributed by atoms with Crippen molar-refractivity contribution in [3.8, 4) is 23.0 Å². The fraction of sp³-hybridized carbons (Fsp3) is 0.155. The number of rotatable bonds is 14. The Bertz CT molecular complexity index is 2880. The van der Waals surface area contributed by atoms with Crippen LogP contribution in [0.5, 0.6) is 23.0 Å². The first-order chi connectivity index (χ1) is 32.0. The standard InChI is InChI=1S/C58H51NO6/c59-35-44-27-49-30-47-25-13-23-45(54(47)62-36-40-15-5-1-6-16-40)29-46-24-14-26-48(55(46)63-37-41-17-7-2-8-18-41)31-51-33-53(58(60)61)34-52(57(51)65-39-43-21-11-4-12-22-43)32-50(28-44)56(49)64-38-42-19-9-3-10-20-42/h1-28,33-34H,29-32,35-39,59H2,(H,60,61). The normalized spacial score (nSPS) is 12.0. The van der Waals surface area contributed by atoms with E-state index in [1.807, 2.05) is 84.9 Å². The monoisotopic (exact) mass is 857 g/mol. The molecule has 324 valence electrons. The summed E-state index contributed by atoms with van der Waals surface area (Å²) in [7, 11) is 0. The third-order valence-electron chi connectivity index (χ3n) is 11.8. The highest BCUT2D eigenvalue weighted by Crippen LogP contribution is 2.41. The second-order valence-corrected chi connectivity index (χ2v) is 16.5. The predicted octanol–water partition coefficient (Wildman–Crippen LogP) is 11.8. The van der Waals surface area contributed by atoms with Gasteiger partial charge in [0.1, 0.15) is 49.4 Å². The van der Waals surface area contributed by atoms with E-state index >= 15 is 0 Å². The molecule has 0 heterocycles. The highest BCUT2D eigenvalue weighted by atomic mass is 16.5. The van der Waals surface area contributed by atoms with Crippen LogP contribution >= 0.6 is 0 Å². The van der Waals surface area contributed by atoms with Gasteiger partial charge >= 0.3 is 5.97 Å². The van der Waals surface area contributed by atoms with Gasteiger partial charge in [-0.1, -0.05) is 170 Å². The molecule has 7 heteroatoms. The zero-order chi connectivity index (χ0) is 44.4. The number of fused-ring (bicyclic) bond motifs is 8. The average Bonchev–Trinajstić information content (AvgIpc) is 3.34. The zero-order valence-electron chi connectivity index (χ0n) is 36.3. The average molecular weight is 858 g/mol. The fourth-order valence-corrected chi connectivity index (χ4v) is 8.66. The molecule has 0 fully saturated rings. The molecule has 0 saturated heterocycles. The number of aromatic carboxylic acids is 1. The number of carbonyl (C=O) groups is 1. The van der Waals surface area contributed by atoms with Crippen LogP contribution in [0.15, 0.2) is 182 Å². The number of carboxylic acid groups (broad SMARTS) is 1. The van der Waals surface area contributed by atoms with Crippen LogP contribution < -0.4 is 24.7 Å². The summed E-state index contributed by atoms with van der Waals surface area (Å²) >= 11 is 0. The lowest BCUT2D eigenvalue weighted by molar-refractivity contribution is 0.0696. The van der Waals surface area contributed by atoms with Crippen molar-refractivity contribution in [2.45, 2.75) is 58.7 Å². The highest BCUT2D eigenvalue weighted by Gasteiger charge is 2.24. The molecule has 1 aliphatic rings. The van der Waals surface area contributed by atoms with Crippen LogP contribution in [0.2, 0.25) is 0 Å². The molecule has 8 bridgehead atoms. The molecular formula is C58H51NO6. The summed E-state index contributed by atoms with van der Waals surface area (Å²) < 4.78 is 27.6. The third kappa shape index (κ3) is 10.4. The minimum atomic E-state index is -1.02. The van der Waals surface area contributed by atoms with Gasteiger partial charge in [-0.3, -0.25) is 0 Å². The van der Waals surface area contributed by atoms with Crippen LogP contribution in [-0.2, 0) is 58.7 Å². The third-order valence-corrected chi connectivity index (χ3v) is 11.8.